The Bertz CT molecular complexity index is 405. The van der Waals surface area contributed by atoms with Crippen LogP contribution in [-0.2, 0) is 0 Å². The molecule has 0 aromatic carbocycles. The SMILES string of the molecule is O=C(c1sccc1Br)N(CCO)CC1CCCN1. The van der Waals surface area contributed by atoms with Gasteiger partial charge in [-0.15, -0.1) is 11.3 Å². The lowest BCUT2D eigenvalue weighted by atomic mass is 10.2. The van der Waals surface area contributed by atoms with Gasteiger partial charge in [-0.05, 0) is 46.8 Å². The van der Waals surface area contributed by atoms with Crippen molar-refractivity contribution < 1.29 is 9.90 Å². The smallest absolute Gasteiger partial charge is 0.265 e. The molecule has 0 bridgehead atoms. The van der Waals surface area contributed by atoms with Gasteiger partial charge in [-0.25, -0.2) is 0 Å². The monoisotopic (exact) mass is 332 g/mol. The van der Waals surface area contributed by atoms with Crippen LogP contribution in [0.4, 0.5) is 0 Å². The number of aliphatic hydroxyl groups is 1. The van der Waals surface area contributed by atoms with Crippen LogP contribution in [0.5, 0.6) is 0 Å². The largest absolute Gasteiger partial charge is 0.395 e. The standard InChI is InChI=1S/C12H17BrN2O2S/c13-10-3-7-18-11(10)12(17)15(5-6-16)8-9-2-1-4-14-9/h3,7,9,14,16H,1-2,4-6,8H2. The number of carbonyl (C=O) groups excluding carboxylic acids is 1. The van der Waals surface area contributed by atoms with E-state index >= 15 is 0 Å². The lowest BCUT2D eigenvalue weighted by Gasteiger charge is -2.24. The van der Waals surface area contributed by atoms with Crippen LogP contribution in [0.3, 0.4) is 0 Å². The van der Waals surface area contributed by atoms with Crippen molar-refractivity contribution in [3.05, 3.63) is 20.8 Å². The average molecular weight is 333 g/mol. The van der Waals surface area contributed by atoms with Crippen molar-refractivity contribution in [2.75, 3.05) is 26.2 Å². The molecule has 1 aliphatic heterocycles. The van der Waals surface area contributed by atoms with Crippen LogP contribution in [0.25, 0.3) is 0 Å². The number of carbonyl (C=O) groups is 1. The van der Waals surface area contributed by atoms with Gasteiger partial charge >= 0.3 is 0 Å². The second kappa shape index (κ2) is 6.65. The molecule has 2 N–H and O–H groups in total. The van der Waals surface area contributed by atoms with Gasteiger partial charge in [0.2, 0.25) is 0 Å². The quantitative estimate of drug-likeness (QED) is 0.862. The maximum atomic E-state index is 12.4. The normalized spacial score (nSPS) is 19.1. The van der Waals surface area contributed by atoms with Gasteiger partial charge in [-0.2, -0.15) is 0 Å². The van der Waals surface area contributed by atoms with Crippen LogP contribution in [0.2, 0.25) is 0 Å². The summed E-state index contributed by atoms with van der Waals surface area (Å²) in [6, 6.07) is 2.24. The van der Waals surface area contributed by atoms with Crippen molar-refractivity contribution in [3.8, 4) is 0 Å². The second-order valence-electron chi connectivity index (χ2n) is 4.37. The maximum Gasteiger partial charge on any atom is 0.265 e. The van der Waals surface area contributed by atoms with E-state index in [2.05, 4.69) is 21.2 Å². The summed E-state index contributed by atoms with van der Waals surface area (Å²) in [7, 11) is 0. The first-order valence-corrected chi connectivity index (χ1v) is 7.76. The van der Waals surface area contributed by atoms with Crippen LogP contribution >= 0.6 is 27.3 Å². The first kappa shape index (κ1) is 14.0. The molecular weight excluding hydrogens is 316 g/mol. The predicted octanol–water partition coefficient (Wildman–Crippen LogP) is 1.70. The zero-order valence-electron chi connectivity index (χ0n) is 10.1. The molecule has 2 rings (SSSR count). The second-order valence-corrected chi connectivity index (χ2v) is 6.14. The van der Waals surface area contributed by atoms with Crippen molar-refractivity contribution >= 4 is 33.2 Å². The lowest BCUT2D eigenvalue weighted by molar-refractivity contribution is 0.0710. The highest BCUT2D eigenvalue weighted by atomic mass is 79.9. The highest BCUT2D eigenvalue weighted by Crippen LogP contribution is 2.24. The number of rotatable bonds is 5. The zero-order valence-corrected chi connectivity index (χ0v) is 12.5. The Balaban J connectivity index is 2.04. The van der Waals surface area contributed by atoms with Crippen LogP contribution in [0.1, 0.15) is 22.5 Å². The number of thiophene rings is 1. The summed E-state index contributed by atoms with van der Waals surface area (Å²) in [5.74, 6) is -0.000347. The number of nitrogens with zero attached hydrogens (tertiary/aromatic N) is 1. The fraction of sp³-hybridized carbons (Fsp3) is 0.583. The number of nitrogens with one attached hydrogen (secondary N) is 1. The van der Waals surface area contributed by atoms with Crippen LogP contribution in [0, 0.1) is 0 Å². The molecule has 1 saturated heterocycles. The van der Waals surface area contributed by atoms with Gasteiger partial charge in [0.05, 0.1) is 6.61 Å². The summed E-state index contributed by atoms with van der Waals surface area (Å²) in [5, 5.41) is 14.4. The Labute approximate surface area is 119 Å². The minimum atomic E-state index is -0.000347. The highest BCUT2D eigenvalue weighted by Gasteiger charge is 2.23. The summed E-state index contributed by atoms with van der Waals surface area (Å²) >= 11 is 4.81. The van der Waals surface area contributed by atoms with Gasteiger partial charge in [0.25, 0.3) is 5.91 Å². The third-order valence-electron chi connectivity index (χ3n) is 3.07. The van der Waals surface area contributed by atoms with E-state index in [4.69, 9.17) is 5.11 Å². The lowest BCUT2D eigenvalue weighted by Crippen LogP contribution is -2.42. The molecule has 1 fully saturated rings. The van der Waals surface area contributed by atoms with E-state index in [0.29, 0.717) is 24.0 Å². The molecule has 1 amide bonds. The van der Waals surface area contributed by atoms with Crippen LogP contribution in [0.15, 0.2) is 15.9 Å². The van der Waals surface area contributed by atoms with Gasteiger partial charge in [0.1, 0.15) is 4.88 Å². The molecule has 1 unspecified atom stereocenters. The van der Waals surface area contributed by atoms with E-state index in [-0.39, 0.29) is 12.5 Å². The Morgan fingerprint density at radius 2 is 2.50 bits per heavy atom. The first-order valence-electron chi connectivity index (χ1n) is 6.09. The van der Waals surface area contributed by atoms with Crippen LogP contribution in [-0.4, -0.2) is 48.2 Å². The van der Waals surface area contributed by atoms with E-state index in [1.807, 2.05) is 11.4 Å². The van der Waals surface area contributed by atoms with Crippen LogP contribution < -0.4 is 5.32 Å². The topological polar surface area (TPSA) is 52.6 Å². The number of amides is 1. The number of hydrogen-bond acceptors (Lipinski definition) is 4. The minimum absolute atomic E-state index is 0.000347. The molecule has 0 saturated carbocycles. The zero-order chi connectivity index (χ0) is 13.0. The maximum absolute atomic E-state index is 12.4. The molecule has 0 aliphatic carbocycles. The molecule has 2 heterocycles. The molecule has 0 spiro atoms. The Morgan fingerprint density at radius 3 is 3.06 bits per heavy atom. The van der Waals surface area contributed by atoms with Gasteiger partial charge in [0, 0.05) is 23.6 Å². The van der Waals surface area contributed by atoms with Gasteiger partial charge < -0.3 is 15.3 Å². The third-order valence-corrected chi connectivity index (χ3v) is 4.90. The summed E-state index contributed by atoms with van der Waals surface area (Å²) < 4.78 is 0.833. The molecule has 18 heavy (non-hydrogen) atoms. The summed E-state index contributed by atoms with van der Waals surface area (Å²) in [6.07, 6.45) is 2.26. The highest BCUT2D eigenvalue weighted by molar-refractivity contribution is 9.10. The van der Waals surface area contributed by atoms with E-state index in [0.717, 1.165) is 23.9 Å². The summed E-state index contributed by atoms with van der Waals surface area (Å²) in [5.41, 5.74) is 0. The van der Waals surface area contributed by atoms with Crippen molar-refractivity contribution in [3.63, 3.8) is 0 Å². The van der Waals surface area contributed by atoms with Gasteiger partial charge in [0.15, 0.2) is 0 Å². The molecule has 1 aromatic heterocycles. The van der Waals surface area contributed by atoms with E-state index in [9.17, 15) is 4.79 Å². The van der Waals surface area contributed by atoms with E-state index in [1.54, 1.807) is 4.90 Å². The summed E-state index contributed by atoms with van der Waals surface area (Å²) in [4.78, 5) is 14.8. The molecule has 6 heteroatoms. The van der Waals surface area contributed by atoms with Crippen molar-refractivity contribution in [2.24, 2.45) is 0 Å². The Hall–Kier alpha value is -0.430. The predicted molar refractivity (Wildman–Crippen MR) is 76.0 cm³/mol. The number of halogens is 1. The van der Waals surface area contributed by atoms with Crippen molar-refractivity contribution in [1.29, 1.82) is 0 Å². The molecule has 1 atom stereocenters. The molecule has 4 nitrogen and oxygen atoms in total. The van der Waals surface area contributed by atoms with E-state index < -0.39 is 0 Å². The first-order chi connectivity index (χ1) is 8.72. The van der Waals surface area contributed by atoms with Crippen molar-refractivity contribution in [1.82, 2.24) is 10.2 Å². The van der Waals surface area contributed by atoms with Gasteiger partial charge in [-0.3, -0.25) is 4.79 Å². The molecule has 0 radical (unpaired) electrons. The molecule has 1 aliphatic rings. The van der Waals surface area contributed by atoms with E-state index in [1.165, 1.54) is 11.3 Å². The van der Waals surface area contributed by atoms with Gasteiger partial charge in [-0.1, -0.05) is 0 Å². The minimum Gasteiger partial charge on any atom is -0.395 e. The number of hydrogen-bond donors (Lipinski definition) is 2. The third kappa shape index (κ3) is 3.32. The fourth-order valence-corrected chi connectivity index (χ4v) is 3.67. The summed E-state index contributed by atoms with van der Waals surface area (Å²) in [6.45, 7) is 2.08. The molecular formula is C12H17BrN2O2S. The fourth-order valence-electron chi connectivity index (χ4n) is 2.16. The Kier molecular flexibility index (Phi) is 5.17. The number of aliphatic hydroxyl groups excluding tert-OH is 1. The average Bonchev–Trinajstić information content (AvgIpc) is 2.99. The molecule has 1 aromatic rings. The Morgan fingerprint density at radius 1 is 1.67 bits per heavy atom. The van der Waals surface area contributed by atoms with Crippen molar-refractivity contribution in [2.45, 2.75) is 18.9 Å². The molecule has 100 valence electrons.